The second-order valence-corrected chi connectivity index (χ2v) is 8.93. The first-order valence-corrected chi connectivity index (χ1v) is 10.4. The van der Waals surface area contributed by atoms with Crippen LogP contribution >= 0.6 is 0 Å². The zero-order valence-electron chi connectivity index (χ0n) is 16.7. The minimum atomic E-state index is -1.57. The van der Waals surface area contributed by atoms with Crippen molar-refractivity contribution in [2.24, 2.45) is 17.6 Å². The number of halogens is 3. The van der Waals surface area contributed by atoms with E-state index in [0.717, 1.165) is 23.6 Å². The van der Waals surface area contributed by atoms with Gasteiger partial charge in [0, 0.05) is 31.7 Å². The highest BCUT2D eigenvalue weighted by Crippen LogP contribution is 2.45. The molecule has 2 saturated carbocycles. The van der Waals surface area contributed by atoms with Crippen LogP contribution in [0.2, 0.25) is 0 Å². The van der Waals surface area contributed by atoms with E-state index in [1.165, 1.54) is 4.90 Å². The number of anilines is 2. The third kappa shape index (κ3) is 3.07. The first-order chi connectivity index (χ1) is 14.7. The molecule has 5 rings (SSSR count). The van der Waals surface area contributed by atoms with Gasteiger partial charge in [0.1, 0.15) is 17.4 Å². The summed E-state index contributed by atoms with van der Waals surface area (Å²) in [4.78, 5) is 25.7. The van der Waals surface area contributed by atoms with Gasteiger partial charge in [0.15, 0.2) is 11.6 Å². The minimum absolute atomic E-state index is 0.0380. The number of aromatic nitrogens is 1. The molecule has 0 amide bonds. The van der Waals surface area contributed by atoms with Crippen molar-refractivity contribution < 1.29 is 23.1 Å². The van der Waals surface area contributed by atoms with Crippen LogP contribution in [-0.4, -0.2) is 40.9 Å². The molecule has 0 spiro atoms. The highest BCUT2D eigenvalue weighted by Gasteiger charge is 2.43. The molecule has 31 heavy (non-hydrogen) atoms. The maximum absolute atomic E-state index is 15.8. The molecule has 3 aliphatic rings. The Morgan fingerprint density at radius 3 is 2.45 bits per heavy atom. The van der Waals surface area contributed by atoms with E-state index in [0.29, 0.717) is 25.4 Å². The highest BCUT2D eigenvalue weighted by molar-refractivity contribution is 5.99. The minimum Gasteiger partial charge on any atom is -0.477 e. The van der Waals surface area contributed by atoms with Crippen molar-refractivity contribution >= 4 is 28.2 Å². The number of nitrogens with two attached hydrogens (primary N) is 2. The van der Waals surface area contributed by atoms with Gasteiger partial charge in [0.05, 0.1) is 22.6 Å². The van der Waals surface area contributed by atoms with Crippen LogP contribution in [0, 0.1) is 23.5 Å². The predicted molar refractivity (Wildman–Crippen MR) is 109 cm³/mol. The van der Waals surface area contributed by atoms with E-state index in [-0.39, 0.29) is 29.6 Å². The molecule has 1 aliphatic heterocycles. The number of carboxylic acid groups (broad SMARTS) is 1. The number of nitrogen functional groups attached to an aromatic ring is 1. The number of nitrogens with zero attached hydrogens (tertiary/aromatic N) is 2. The molecule has 1 aromatic carbocycles. The molecule has 4 unspecified atom stereocenters. The summed E-state index contributed by atoms with van der Waals surface area (Å²) in [7, 11) is 0. The molecule has 5 N–H and O–H groups in total. The van der Waals surface area contributed by atoms with Crippen LogP contribution in [0.4, 0.5) is 24.5 Å². The number of hydrogen-bond acceptors (Lipinski definition) is 5. The van der Waals surface area contributed by atoms with Gasteiger partial charge >= 0.3 is 5.97 Å². The van der Waals surface area contributed by atoms with Crippen LogP contribution in [0.1, 0.15) is 42.1 Å². The van der Waals surface area contributed by atoms with E-state index in [9.17, 15) is 19.1 Å². The quantitative estimate of drug-likeness (QED) is 0.620. The summed E-state index contributed by atoms with van der Waals surface area (Å²) in [6.45, 7) is 0.722. The van der Waals surface area contributed by atoms with Gasteiger partial charge in [-0.1, -0.05) is 0 Å². The number of pyridine rings is 1. The molecule has 7 nitrogen and oxygen atoms in total. The summed E-state index contributed by atoms with van der Waals surface area (Å²) in [5.41, 5.74) is 9.05. The third-order valence-electron chi connectivity index (χ3n) is 6.88. The number of fused-ring (bicyclic) bond motifs is 1. The fourth-order valence-electron chi connectivity index (χ4n) is 4.85. The monoisotopic (exact) mass is 436 g/mol. The summed E-state index contributed by atoms with van der Waals surface area (Å²) in [6, 6.07) is -0.869. The lowest BCUT2D eigenvalue weighted by Crippen LogP contribution is -2.34. The van der Waals surface area contributed by atoms with E-state index < -0.39 is 51.9 Å². The van der Waals surface area contributed by atoms with E-state index in [4.69, 9.17) is 11.5 Å². The zero-order valence-corrected chi connectivity index (χ0v) is 16.7. The Kier molecular flexibility index (Phi) is 4.47. The van der Waals surface area contributed by atoms with Crippen molar-refractivity contribution in [3.05, 3.63) is 33.6 Å². The number of hydrogen-bond donors (Lipinski definition) is 3. The first-order valence-electron chi connectivity index (χ1n) is 10.4. The summed E-state index contributed by atoms with van der Waals surface area (Å²) < 4.78 is 46.0. The molecule has 10 heteroatoms. The Hall–Kier alpha value is -2.75. The van der Waals surface area contributed by atoms with E-state index in [2.05, 4.69) is 0 Å². The maximum Gasteiger partial charge on any atom is 0.341 e. The largest absolute Gasteiger partial charge is 0.477 e. The second-order valence-electron chi connectivity index (χ2n) is 8.93. The van der Waals surface area contributed by atoms with Crippen molar-refractivity contribution in [2.75, 3.05) is 23.7 Å². The second kappa shape index (κ2) is 6.88. The van der Waals surface area contributed by atoms with Crippen molar-refractivity contribution in [1.29, 1.82) is 0 Å². The SMILES string of the molecule is Nc1c(F)c(N2CCC(C(N)C3CC3)C2)c(F)c2c1c(=O)c(C(=O)O)cn2C1CC1F. The van der Waals surface area contributed by atoms with Gasteiger partial charge < -0.3 is 26.0 Å². The number of rotatable bonds is 5. The van der Waals surface area contributed by atoms with Gasteiger partial charge in [-0.05, 0) is 31.1 Å². The fourth-order valence-corrected chi connectivity index (χ4v) is 4.85. The van der Waals surface area contributed by atoms with Gasteiger partial charge in [0.25, 0.3) is 0 Å². The highest BCUT2D eigenvalue weighted by atomic mass is 19.1. The van der Waals surface area contributed by atoms with Crippen molar-refractivity contribution in [1.82, 2.24) is 4.57 Å². The summed E-state index contributed by atoms with van der Waals surface area (Å²) in [5, 5.41) is 8.78. The van der Waals surface area contributed by atoms with Crippen LogP contribution in [0.3, 0.4) is 0 Å². The maximum atomic E-state index is 15.8. The van der Waals surface area contributed by atoms with E-state index >= 15 is 8.78 Å². The number of benzene rings is 1. The lowest BCUT2D eigenvalue weighted by Gasteiger charge is -2.25. The molecule has 0 radical (unpaired) electrons. The predicted octanol–water partition coefficient (Wildman–Crippen LogP) is 2.41. The summed E-state index contributed by atoms with van der Waals surface area (Å²) in [5.74, 6) is -3.19. The number of aromatic carboxylic acids is 1. The fraction of sp³-hybridized carbons (Fsp3) is 0.524. The lowest BCUT2D eigenvalue weighted by molar-refractivity contribution is 0.0694. The molecule has 2 heterocycles. The molecule has 166 valence electrons. The standard InChI is InChI=1S/C21H23F3N4O3/c22-11-5-12(11)28-7-10(21(30)31)20(29)13-17(26)14(23)19(15(24)18(13)28)27-4-3-9(6-27)16(25)8-1-2-8/h7-9,11-12,16H,1-6,25-26H2,(H,30,31). The molecular formula is C21H23F3N4O3. The summed E-state index contributed by atoms with van der Waals surface area (Å²) in [6.07, 6.45) is 2.46. The molecule has 4 atom stereocenters. The first kappa shape index (κ1) is 20.2. The van der Waals surface area contributed by atoms with Crippen LogP contribution < -0.4 is 21.8 Å². The summed E-state index contributed by atoms with van der Waals surface area (Å²) >= 11 is 0. The molecular weight excluding hydrogens is 413 g/mol. The lowest BCUT2D eigenvalue weighted by atomic mass is 9.96. The van der Waals surface area contributed by atoms with E-state index in [1.807, 2.05) is 0 Å². The Morgan fingerprint density at radius 2 is 1.87 bits per heavy atom. The van der Waals surface area contributed by atoms with Gasteiger partial charge in [0.2, 0.25) is 5.43 Å². The molecule has 1 aromatic heterocycles. The Labute approximate surface area is 175 Å². The Morgan fingerprint density at radius 1 is 1.19 bits per heavy atom. The Bertz CT molecular complexity index is 1160. The van der Waals surface area contributed by atoms with Gasteiger partial charge in [-0.2, -0.15) is 0 Å². The van der Waals surface area contributed by atoms with Gasteiger partial charge in [-0.15, -0.1) is 0 Å². The van der Waals surface area contributed by atoms with Crippen molar-refractivity contribution in [3.8, 4) is 0 Å². The van der Waals surface area contributed by atoms with Crippen LogP contribution in [0.25, 0.3) is 10.9 Å². The average Bonchev–Trinajstić information content (AvgIpc) is 3.64. The molecule has 0 bridgehead atoms. The smallest absolute Gasteiger partial charge is 0.341 e. The zero-order chi connectivity index (χ0) is 22.2. The molecule has 2 aromatic rings. The van der Waals surface area contributed by atoms with Crippen LogP contribution in [0.15, 0.2) is 11.0 Å². The van der Waals surface area contributed by atoms with Gasteiger partial charge in [-0.25, -0.2) is 18.0 Å². The van der Waals surface area contributed by atoms with Crippen molar-refractivity contribution in [2.45, 2.75) is 43.9 Å². The molecule has 1 saturated heterocycles. The number of alkyl halides is 1. The topological polar surface area (TPSA) is 115 Å². The third-order valence-corrected chi connectivity index (χ3v) is 6.88. The molecule has 3 fully saturated rings. The number of carbonyl (C=O) groups is 1. The van der Waals surface area contributed by atoms with Gasteiger partial charge in [-0.3, -0.25) is 4.79 Å². The van der Waals surface area contributed by atoms with Crippen LogP contribution in [0.5, 0.6) is 0 Å². The average molecular weight is 436 g/mol. The van der Waals surface area contributed by atoms with Crippen LogP contribution in [-0.2, 0) is 0 Å². The molecule has 2 aliphatic carbocycles. The Balaban J connectivity index is 1.68. The van der Waals surface area contributed by atoms with E-state index in [1.54, 1.807) is 0 Å². The normalized spacial score (nSPS) is 26.5. The van der Waals surface area contributed by atoms with Crippen molar-refractivity contribution in [3.63, 3.8) is 0 Å². The number of carboxylic acids is 1.